The molecule has 0 fully saturated rings. The van der Waals surface area contributed by atoms with E-state index in [4.69, 9.17) is 0 Å². The highest BCUT2D eigenvalue weighted by Crippen LogP contribution is 2.27. The average molecular weight is 388 g/mol. The summed E-state index contributed by atoms with van der Waals surface area (Å²) in [6.45, 7) is 7.10. The standard InChI is InChI=1S/C19H25N5O2S/c1-5-23-11-10-17(21-23)13-24(18-8-6-16(7-9-18)15(2)3)27(25,26)19-12-20-22(4)14-19/h6-12,14-15H,5,13H2,1-4H3. The molecule has 2 heterocycles. The van der Waals surface area contributed by atoms with Crippen molar-refractivity contribution < 1.29 is 8.42 Å². The molecule has 0 saturated heterocycles. The van der Waals surface area contributed by atoms with Crippen molar-refractivity contribution in [2.24, 2.45) is 7.05 Å². The van der Waals surface area contributed by atoms with Crippen molar-refractivity contribution in [1.82, 2.24) is 19.6 Å². The Morgan fingerprint density at radius 1 is 1.15 bits per heavy atom. The van der Waals surface area contributed by atoms with Gasteiger partial charge in [-0.05, 0) is 36.6 Å². The fraction of sp³-hybridized carbons (Fsp3) is 0.368. The fourth-order valence-electron chi connectivity index (χ4n) is 2.81. The third kappa shape index (κ3) is 4.05. The Morgan fingerprint density at radius 3 is 2.37 bits per heavy atom. The first kappa shape index (κ1) is 19.2. The van der Waals surface area contributed by atoms with Crippen molar-refractivity contribution in [2.75, 3.05) is 4.31 Å². The van der Waals surface area contributed by atoms with Crippen molar-refractivity contribution in [2.45, 2.75) is 44.7 Å². The molecule has 7 nitrogen and oxygen atoms in total. The van der Waals surface area contributed by atoms with Gasteiger partial charge < -0.3 is 0 Å². The summed E-state index contributed by atoms with van der Waals surface area (Å²) in [5.74, 6) is 0.377. The Hall–Kier alpha value is -2.61. The minimum Gasteiger partial charge on any atom is -0.274 e. The molecule has 1 aromatic carbocycles. The van der Waals surface area contributed by atoms with Gasteiger partial charge in [-0.25, -0.2) is 8.42 Å². The fourth-order valence-corrected chi connectivity index (χ4v) is 4.23. The molecule has 0 amide bonds. The minimum atomic E-state index is -3.76. The number of rotatable bonds is 7. The average Bonchev–Trinajstić information content (AvgIpc) is 3.28. The van der Waals surface area contributed by atoms with Crippen LogP contribution in [0.3, 0.4) is 0 Å². The summed E-state index contributed by atoms with van der Waals surface area (Å²) in [5, 5.41) is 8.45. The predicted molar refractivity (Wildman–Crippen MR) is 105 cm³/mol. The van der Waals surface area contributed by atoms with Crippen molar-refractivity contribution in [1.29, 1.82) is 0 Å². The van der Waals surface area contributed by atoms with Crippen molar-refractivity contribution >= 4 is 15.7 Å². The Morgan fingerprint density at radius 2 is 1.85 bits per heavy atom. The molecule has 0 aliphatic heterocycles. The van der Waals surface area contributed by atoms with E-state index >= 15 is 0 Å². The molecule has 3 aromatic rings. The summed E-state index contributed by atoms with van der Waals surface area (Å²) in [6, 6.07) is 9.48. The molecule has 0 aliphatic carbocycles. The molecule has 27 heavy (non-hydrogen) atoms. The van der Waals surface area contributed by atoms with Gasteiger partial charge in [0.2, 0.25) is 0 Å². The molecule has 0 bridgehead atoms. The number of aromatic nitrogens is 4. The number of hydrogen-bond acceptors (Lipinski definition) is 4. The molecule has 0 atom stereocenters. The zero-order valence-corrected chi connectivity index (χ0v) is 16.9. The molecule has 3 rings (SSSR count). The number of benzene rings is 1. The zero-order valence-electron chi connectivity index (χ0n) is 16.1. The highest BCUT2D eigenvalue weighted by atomic mass is 32.2. The van der Waals surface area contributed by atoms with Gasteiger partial charge in [-0.1, -0.05) is 26.0 Å². The quantitative estimate of drug-likeness (QED) is 0.624. The van der Waals surface area contributed by atoms with Crippen LogP contribution in [0.2, 0.25) is 0 Å². The number of hydrogen-bond donors (Lipinski definition) is 0. The van der Waals surface area contributed by atoms with E-state index in [1.807, 2.05) is 43.5 Å². The molecule has 2 aromatic heterocycles. The Bertz CT molecular complexity index is 1000. The molecular formula is C19H25N5O2S. The highest BCUT2D eigenvalue weighted by Gasteiger charge is 2.27. The van der Waals surface area contributed by atoms with Gasteiger partial charge >= 0.3 is 0 Å². The van der Waals surface area contributed by atoms with Gasteiger partial charge in [0, 0.05) is 26.0 Å². The second-order valence-electron chi connectivity index (χ2n) is 6.77. The number of nitrogens with zero attached hydrogens (tertiary/aromatic N) is 5. The second kappa shape index (κ2) is 7.56. The van der Waals surface area contributed by atoms with E-state index in [9.17, 15) is 8.42 Å². The van der Waals surface area contributed by atoms with Crippen LogP contribution in [0, 0.1) is 0 Å². The summed E-state index contributed by atoms with van der Waals surface area (Å²) in [4.78, 5) is 0.160. The molecule has 0 N–H and O–H groups in total. The molecule has 0 aliphatic rings. The van der Waals surface area contributed by atoms with Gasteiger partial charge in [0.05, 0.1) is 24.1 Å². The first-order valence-corrected chi connectivity index (χ1v) is 10.4. The Kier molecular flexibility index (Phi) is 5.36. The van der Waals surface area contributed by atoms with Gasteiger partial charge in [-0.3, -0.25) is 13.7 Å². The topological polar surface area (TPSA) is 73.0 Å². The summed E-state index contributed by atoms with van der Waals surface area (Å²) in [6.07, 6.45) is 4.73. The van der Waals surface area contributed by atoms with Crippen LogP contribution in [0.25, 0.3) is 0 Å². The van der Waals surface area contributed by atoms with Gasteiger partial charge in [0.25, 0.3) is 10.0 Å². The maximum atomic E-state index is 13.3. The third-order valence-corrected chi connectivity index (χ3v) is 6.17. The van der Waals surface area contributed by atoms with Crippen LogP contribution in [-0.2, 0) is 30.2 Å². The maximum absolute atomic E-state index is 13.3. The monoisotopic (exact) mass is 387 g/mol. The Balaban J connectivity index is 2.02. The molecule has 0 saturated carbocycles. The number of aryl methyl sites for hydroxylation is 2. The number of anilines is 1. The van der Waals surface area contributed by atoms with Crippen molar-refractivity contribution in [3.63, 3.8) is 0 Å². The van der Waals surface area contributed by atoms with Crippen LogP contribution in [0.4, 0.5) is 5.69 Å². The number of sulfonamides is 1. The van der Waals surface area contributed by atoms with Gasteiger partial charge in [0.15, 0.2) is 0 Å². The molecule has 144 valence electrons. The van der Waals surface area contributed by atoms with Crippen LogP contribution in [-0.4, -0.2) is 28.0 Å². The van der Waals surface area contributed by atoms with E-state index in [2.05, 4.69) is 24.0 Å². The third-order valence-electron chi connectivity index (χ3n) is 4.44. The van der Waals surface area contributed by atoms with Gasteiger partial charge in [-0.15, -0.1) is 0 Å². The largest absolute Gasteiger partial charge is 0.274 e. The lowest BCUT2D eigenvalue weighted by atomic mass is 10.0. The van der Waals surface area contributed by atoms with E-state index in [0.29, 0.717) is 17.3 Å². The minimum absolute atomic E-state index is 0.158. The summed E-state index contributed by atoms with van der Waals surface area (Å²) in [5.41, 5.74) is 2.46. The van der Waals surface area contributed by atoms with Gasteiger partial charge in [0.1, 0.15) is 4.90 Å². The van der Waals surface area contributed by atoms with Crippen LogP contribution < -0.4 is 4.31 Å². The van der Waals surface area contributed by atoms with E-state index in [-0.39, 0.29) is 11.4 Å². The maximum Gasteiger partial charge on any atom is 0.267 e. The SMILES string of the molecule is CCn1ccc(CN(c2ccc(C(C)C)cc2)S(=O)(=O)c2cnn(C)c2)n1. The van der Waals surface area contributed by atoms with Crippen LogP contribution in [0.15, 0.2) is 53.8 Å². The van der Waals surface area contributed by atoms with E-state index in [1.165, 1.54) is 21.4 Å². The second-order valence-corrected chi connectivity index (χ2v) is 8.63. The molecule has 0 unspecified atom stereocenters. The summed E-state index contributed by atoms with van der Waals surface area (Å²) in [7, 11) is -2.06. The predicted octanol–water partition coefficient (Wildman–Crippen LogP) is 3.16. The lowest BCUT2D eigenvalue weighted by molar-refractivity contribution is 0.588. The van der Waals surface area contributed by atoms with Crippen LogP contribution >= 0.6 is 0 Å². The van der Waals surface area contributed by atoms with Crippen LogP contribution in [0.5, 0.6) is 0 Å². The summed E-state index contributed by atoms with van der Waals surface area (Å²) < 4.78 is 31.2. The van der Waals surface area contributed by atoms with Gasteiger partial charge in [-0.2, -0.15) is 10.2 Å². The lowest BCUT2D eigenvalue weighted by Gasteiger charge is -2.23. The lowest BCUT2D eigenvalue weighted by Crippen LogP contribution is -2.30. The Labute approximate surface area is 160 Å². The van der Waals surface area contributed by atoms with Crippen molar-refractivity contribution in [3.05, 3.63) is 60.2 Å². The van der Waals surface area contributed by atoms with E-state index in [1.54, 1.807) is 11.7 Å². The van der Waals surface area contributed by atoms with E-state index < -0.39 is 10.0 Å². The molecule has 8 heteroatoms. The molecular weight excluding hydrogens is 362 g/mol. The first-order valence-electron chi connectivity index (χ1n) is 8.95. The summed E-state index contributed by atoms with van der Waals surface area (Å²) >= 11 is 0. The highest BCUT2D eigenvalue weighted by molar-refractivity contribution is 7.92. The smallest absolute Gasteiger partial charge is 0.267 e. The van der Waals surface area contributed by atoms with Crippen molar-refractivity contribution in [3.8, 4) is 0 Å². The normalized spacial score (nSPS) is 11.9. The first-order chi connectivity index (χ1) is 12.8. The van der Waals surface area contributed by atoms with Crippen LogP contribution in [0.1, 0.15) is 37.9 Å². The molecule has 0 spiro atoms. The molecule has 0 radical (unpaired) electrons. The zero-order chi connectivity index (χ0) is 19.6. The van der Waals surface area contributed by atoms with E-state index in [0.717, 1.165) is 12.1 Å².